The van der Waals surface area contributed by atoms with Gasteiger partial charge in [-0.25, -0.2) is 0 Å². The van der Waals surface area contributed by atoms with Crippen molar-refractivity contribution >= 4 is 5.78 Å². The molecule has 30 heavy (non-hydrogen) atoms. The van der Waals surface area contributed by atoms with Gasteiger partial charge in [0, 0.05) is 30.4 Å². The molecule has 6 heteroatoms. The first kappa shape index (κ1) is 19.6. The number of Topliss-reactive ketones (excluding diaryl/α,β-unsaturated/α-hetero) is 1. The number of phenolic OH excluding ortho intramolecular Hbond substituents is 4. The van der Waals surface area contributed by atoms with Gasteiger partial charge >= 0.3 is 0 Å². The number of para-hydroxylation sites is 2. The molecule has 0 saturated heterocycles. The van der Waals surface area contributed by atoms with E-state index in [0.29, 0.717) is 16.7 Å². The number of carbonyl (C=O) groups is 1. The molecule has 0 fully saturated rings. The topological polar surface area (TPSA) is 107 Å². The molecule has 1 unspecified atom stereocenters. The Morgan fingerprint density at radius 2 is 1.37 bits per heavy atom. The fourth-order valence-corrected chi connectivity index (χ4v) is 3.84. The first-order chi connectivity index (χ1) is 14.4. The van der Waals surface area contributed by atoms with Crippen molar-refractivity contribution in [3.05, 3.63) is 76.3 Å². The van der Waals surface area contributed by atoms with E-state index >= 15 is 0 Å². The SMILES string of the molecule is CC1CC(=O)c2c(O)c(Cc3ccccc3O)c(O)c(Cc3ccccc3O)c2O1. The van der Waals surface area contributed by atoms with E-state index in [4.69, 9.17) is 4.74 Å². The summed E-state index contributed by atoms with van der Waals surface area (Å²) >= 11 is 0. The highest BCUT2D eigenvalue weighted by Crippen LogP contribution is 2.48. The molecule has 4 rings (SSSR count). The maximum Gasteiger partial charge on any atom is 0.174 e. The molecule has 1 heterocycles. The average Bonchev–Trinajstić information content (AvgIpc) is 2.70. The van der Waals surface area contributed by atoms with Crippen LogP contribution in [-0.2, 0) is 12.8 Å². The van der Waals surface area contributed by atoms with Crippen LogP contribution in [0.15, 0.2) is 48.5 Å². The first-order valence-electron chi connectivity index (χ1n) is 9.70. The number of ketones is 1. The van der Waals surface area contributed by atoms with E-state index in [9.17, 15) is 25.2 Å². The Kier molecular flexibility index (Phi) is 4.99. The lowest BCUT2D eigenvalue weighted by Crippen LogP contribution is -2.25. The van der Waals surface area contributed by atoms with Gasteiger partial charge in [-0.3, -0.25) is 4.79 Å². The highest BCUT2D eigenvalue weighted by Gasteiger charge is 2.34. The lowest BCUT2D eigenvalue weighted by Gasteiger charge is -2.28. The summed E-state index contributed by atoms with van der Waals surface area (Å²) < 4.78 is 5.86. The van der Waals surface area contributed by atoms with Crippen molar-refractivity contribution in [1.82, 2.24) is 0 Å². The second-order valence-electron chi connectivity index (χ2n) is 7.53. The van der Waals surface area contributed by atoms with Gasteiger partial charge in [-0.05, 0) is 30.2 Å². The van der Waals surface area contributed by atoms with E-state index in [1.807, 2.05) is 0 Å². The number of benzene rings is 3. The van der Waals surface area contributed by atoms with Gasteiger partial charge in [0.2, 0.25) is 0 Å². The number of aromatic hydroxyl groups is 4. The molecule has 0 radical (unpaired) electrons. The molecule has 1 aliphatic heterocycles. The highest BCUT2D eigenvalue weighted by molar-refractivity contribution is 6.04. The second-order valence-corrected chi connectivity index (χ2v) is 7.53. The van der Waals surface area contributed by atoms with Crippen LogP contribution in [0.5, 0.6) is 28.7 Å². The number of rotatable bonds is 4. The number of hydrogen-bond donors (Lipinski definition) is 4. The summed E-state index contributed by atoms with van der Waals surface area (Å²) in [6.45, 7) is 1.74. The zero-order chi connectivity index (χ0) is 21.4. The fraction of sp³-hybridized carbons (Fsp3) is 0.208. The van der Waals surface area contributed by atoms with Gasteiger partial charge in [0.05, 0.1) is 0 Å². The Labute approximate surface area is 173 Å². The van der Waals surface area contributed by atoms with Crippen LogP contribution in [0.4, 0.5) is 0 Å². The van der Waals surface area contributed by atoms with Crippen LogP contribution in [0.1, 0.15) is 46.0 Å². The van der Waals surface area contributed by atoms with Crippen LogP contribution in [0.2, 0.25) is 0 Å². The minimum absolute atomic E-state index is 0.0208. The summed E-state index contributed by atoms with van der Waals surface area (Å²) in [5, 5.41) is 42.3. The molecule has 1 aliphatic rings. The number of fused-ring (bicyclic) bond motifs is 1. The first-order valence-corrected chi connectivity index (χ1v) is 9.70. The molecule has 0 aliphatic carbocycles. The maximum atomic E-state index is 12.8. The standard InChI is InChI=1S/C24H22O6/c1-13-10-20(27)21-23(29)16(11-14-6-2-4-8-18(14)25)22(28)17(24(21)30-13)12-15-7-3-5-9-19(15)26/h2-9,13,25-26,28-29H,10-12H2,1H3. The van der Waals surface area contributed by atoms with Crippen molar-refractivity contribution in [1.29, 1.82) is 0 Å². The van der Waals surface area contributed by atoms with E-state index in [1.165, 1.54) is 12.1 Å². The Hall–Kier alpha value is -3.67. The normalized spacial score (nSPS) is 15.5. The van der Waals surface area contributed by atoms with E-state index in [0.717, 1.165) is 0 Å². The molecule has 0 amide bonds. The Morgan fingerprint density at radius 3 is 1.93 bits per heavy atom. The number of carbonyl (C=O) groups excluding carboxylic acids is 1. The minimum atomic E-state index is -0.407. The summed E-state index contributed by atoms with van der Waals surface area (Å²) in [7, 11) is 0. The molecule has 3 aromatic carbocycles. The third-order valence-corrected chi connectivity index (χ3v) is 5.38. The lowest BCUT2D eigenvalue weighted by molar-refractivity contribution is 0.0863. The third-order valence-electron chi connectivity index (χ3n) is 5.38. The largest absolute Gasteiger partial charge is 0.508 e. The predicted octanol–water partition coefficient (Wildman–Crippen LogP) is 4.04. The van der Waals surface area contributed by atoms with Crippen LogP contribution < -0.4 is 4.74 Å². The maximum absolute atomic E-state index is 12.8. The molecule has 0 bridgehead atoms. The second kappa shape index (κ2) is 7.63. The Balaban J connectivity index is 1.91. The lowest BCUT2D eigenvalue weighted by atomic mass is 9.88. The van der Waals surface area contributed by atoms with E-state index in [-0.39, 0.29) is 64.9 Å². The van der Waals surface area contributed by atoms with Crippen molar-refractivity contribution in [3.8, 4) is 28.7 Å². The Morgan fingerprint density at radius 1 is 0.833 bits per heavy atom. The number of phenols is 4. The zero-order valence-electron chi connectivity index (χ0n) is 16.4. The number of hydrogen-bond acceptors (Lipinski definition) is 6. The third kappa shape index (κ3) is 3.41. The van der Waals surface area contributed by atoms with E-state index in [1.54, 1.807) is 43.3 Å². The van der Waals surface area contributed by atoms with Crippen molar-refractivity contribution in [2.45, 2.75) is 32.3 Å². The van der Waals surface area contributed by atoms with Crippen LogP contribution >= 0.6 is 0 Å². The molecular formula is C24H22O6. The summed E-state index contributed by atoms with van der Waals surface area (Å²) in [5.74, 6) is -0.636. The van der Waals surface area contributed by atoms with Crippen LogP contribution in [0, 0.1) is 0 Å². The highest BCUT2D eigenvalue weighted by atomic mass is 16.5. The molecule has 0 aromatic heterocycles. The summed E-state index contributed by atoms with van der Waals surface area (Å²) in [4.78, 5) is 12.8. The van der Waals surface area contributed by atoms with Gasteiger partial charge in [0.1, 0.15) is 40.4 Å². The quantitative estimate of drug-likeness (QED) is 0.521. The summed E-state index contributed by atoms with van der Waals surface area (Å²) in [6.07, 6.45) is -0.170. The van der Waals surface area contributed by atoms with Gasteiger partial charge in [-0.2, -0.15) is 0 Å². The van der Waals surface area contributed by atoms with Crippen LogP contribution in [-0.4, -0.2) is 32.3 Å². The smallest absolute Gasteiger partial charge is 0.174 e. The van der Waals surface area contributed by atoms with Crippen LogP contribution in [0.25, 0.3) is 0 Å². The number of ether oxygens (including phenoxy) is 1. The van der Waals surface area contributed by atoms with Gasteiger partial charge in [0.25, 0.3) is 0 Å². The average molecular weight is 406 g/mol. The summed E-state index contributed by atoms with van der Waals surface area (Å²) in [6, 6.07) is 13.3. The molecule has 3 aromatic rings. The molecule has 6 nitrogen and oxygen atoms in total. The van der Waals surface area contributed by atoms with Crippen LogP contribution in [0.3, 0.4) is 0 Å². The van der Waals surface area contributed by atoms with E-state index in [2.05, 4.69) is 0 Å². The fourth-order valence-electron chi connectivity index (χ4n) is 3.84. The van der Waals surface area contributed by atoms with Gasteiger partial charge in [-0.15, -0.1) is 0 Å². The van der Waals surface area contributed by atoms with Gasteiger partial charge in [-0.1, -0.05) is 36.4 Å². The molecule has 4 N–H and O–H groups in total. The zero-order valence-corrected chi connectivity index (χ0v) is 16.4. The van der Waals surface area contributed by atoms with Gasteiger partial charge in [0.15, 0.2) is 5.78 Å². The molecule has 154 valence electrons. The van der Waals surface area contributed by atoms with Crippen molar-refractivity contribution in [3.63, 3.8) is 0 Å². The van der Waals surface area contributed by atoms with E-state index < -0.39 is 6.10 Å². The van der Waals surface area contributed by atoms with Crippen molar-refractivity contribution in [2.24, 2.45) is 0 Å². The van der Waals surface area contributed by atoms with Gasteiger partial charge < -0.3 is 25.2 Å². The molecule has 0 saturated carbocycles. The summed E-state index contributed by atoms with van der Waals surface area (Å²) in [5.41, 5.74) is 1.51. The molecular weight excluding hydrogens is 384 g/mol. The monoisotopic (exact) mass is 406 g/mol. The Bertz CT molecular complexity index is 1130. The molecule has 0 spiro atoms. The predicted molar refractivity (Wildman–Crippen MR) is 111 cm³/mol. The molecule has 1 atom stereocenters. The van der Waals surface area contributed by atoms with Crippen molar-refractivity contribution < 1.29 is 30.0 Å². The van der Waals surface area contributed by atoms with Crippen molar-refractivity contribution in [2.75, 3.05) is 0 Å². The minimum Gasteiger partial charge on any atom is -0.508 e.